The number of nitrogens with one attached hydrogen (secondary N) is 1. The molecule has 5 nitrogen and oxygen atoms in total. The third kappa shape index (κ3) is 3.96. The highest BCUT2D eigenvalue weighted by molar-refractivity contribution is 5.79. The van der Waals surface area contributed by atoms with Gasteiger partial charge >= 0.3 is 0 Å². The number of likely N-dealkylation sites (tertiary alicyclic amines) is 1. The molecule has 2 fully saturated rings. The van der Waals surface area contributed by atoms with Gasteiger partial charge in [-0.3, -0.25) is 9.59 Å². The molecule has 5 heteroatoms. The van der Waals surface area contributed by atoms with Crippen LogP contribution in [0.3, 0.4) is 0 Å². The lowest BCUT2D eigenvalue weighted by Crippen LogP contribution is -2.42. The molecule has 0 aromatic rings. The Balaban J connectivity index is 1.65. The molecule has 0 aromatic carbocycles. The van der Waals surface area contributed by atoms with Crippen molar-refractivity contribution in [1.82, 2.24) is 10.2 Å². The van der Waals surface area contributed by atoms with E-state index in [4.69, 9.17) is 5.26 Å². The lowest BCUT2D eigenvalue weighted by atomic mass is 9.96. The van der Waals surface area contributed by atoms with Gasteiger partial charge in [0.05, 0.1) is 6.07 Å². The Labute approximate surface area is 120 Å². The van der Waals surface area contributed by atoms with Crippen molar-refractivity contribution in [3.05, 3.63) is 0 Å². The van der Waals surface area contributed by atoms with E-state index in [-0.39, 0.29) is 24.2 Å². The van der Waals surface area contributed by atoms with Gasteiger partial charge in [-0.15, -0.1) is 0 Å². The number of amides is 2. The number of piperidine rings is 1. The van der Waals surface area contributed by atoms with E-state index in [0.29, 0.717) is 19.0 Å². The van der Waals surface area contributed by atoms with Crippen LogP contribution in [-0.2, 0) is 9.59 Å². The molecule has 0 radical (unpaired) electrons. The zero-order chi connectivity index (χ0) is 14.4. The van der Waals surface area contributed by atoms with Gasteiger partial charge in [-0.1, -0.05) is 12.8 Å². The summed E-state index contributed by atoms with van der Waals surface area (Å²) in [5.41, 5.74) is 0. The van der Waals surface area contributed by atoms with E-state index >= 15 is 0 Å². The highest BCUT2D eigenvalue weighted by atomic mass is 16.2. The first kappa shape index (κ1) is 14.8. The minimum Gasteiger partial charge on any atom is -0.356 e. The Morgan fingerprint density at radius 3 is 2.40 bits per heavy atom. The molecule has 2 amide bonds. The van der Waals surface area contributed by atoms with E-state index in [2.05, 4.69) is 5.32 Å². The van der Waals surface area contributed by atoms with E-state index < -0.39 is 0 Å². The Bertz CT molecular complexity index is 388. The first-order chi connectivity index (χ1) is 9.70. The van der Waals surface area contributed by atoms with Crippen molar-refractivity contribution in [2.75, 3.05) is 19.6 Å². The standard InChI is InChI=1S/C15H23N3O2/c16-8-5-14(19)18-9-6-12(7-10-18)11-17-15(20)13-3-1-2-4-13/h12-13H,1-7,9-11H2,(H,17,20). The fraction of sp³-hybridized carbons (Fsp3) is 0.800. The van der Waals surface area contributed by atoms with Crippen molar-refractivity contribution < 1.29 is 9.59 Å². The molecular formula is C15H23N3O2. The first-order valence-corrected chi connectivity index (χ1v) is 7.63. The summed E-state index contributed by atoms with van der Waals surface area (Å²) >= 11 is 0. The van der Waals surface area contributed by atoms with E-state index in [0.717, 1.165) is 32.2 Å². The van der Waals surface area contributed by atoms with Gasteiger partial charge in [0, 0.05) is 25.6 Å². The summed E-state index contributed by atoms with van der Waals surface area (Å²) in [4.78, 5) is 25.3. The first-order valence-electron chi connectivity index (χ1n) is 7.63. The number of hydrogen-bond acceptors (Lipinski definition) is 3. The smallest absolute Gasteiger partial charge is 0.236 e. The Hall–Kier alpha value is -1.57. The van der Waals surface area contributed by atoms with Crippen LogP contribution in [0.4, 0.5) is 0 Å². The quantitative estimate of drug-likeness (QED) is 0.845. The molecule has 0 unspecified atom stereocenters. The summed E-state index contributed by atoms with van der Waals surface area (Å²) in [5.74, 6) is 0.838. The van der Waals surface area contributed by atoms with E-state index in [1.165, 1.54) is 12.8 Å². The summed E-state index contributed by atoms with van der Waals surface area (Å²) < 4.78 is 0. The molecule has 1 heterocycles. The van der Waals surface area contributed by atoms with Crippen LogP contribution < -0.4 is 5.32 Å². The molecule has 0 aromatic heterocycles. The Kier molecular flexibility index (Phi) is 5.40. The average Bonchev–Trinajstić information content (AvgIpc) is 3.00. The van der Waals surface area contributed by atoms with Gasteiger partial charge in [-0.2, -0.15) is 5.26 Å². The second kappa shape index (κ2) is 7.28. The molecule has 1 saturated heterocycles. The van der Waals surface area contributed by atoms with E-state index in [1.807, 2.05) is 6.07 Å². The van der Waals surface area contributed by atoms with Crippen LogP contribution in [0.2, 0.25) is 0 Å². The number of hydrogen-bond donors (Lipinski definition) is 1. The molecule has 0 atom stereocenters. The molecular weight excluding hydrogens is 254 g/mol. The maximum atomic E-state index is 11.9. The second-order valence-corrected chi connectivity index (χ2v) is 5.89. The maximum absolute atomic E-state index is 11.9. The summed E-state index contributed by atoms with van der Waals surface area (Å²) in [6.45, 7) is 2.16. The van der Waals surface area contributed by atoms with Gasteiger partial charge in [0.25, 0.3) is 0 Å². The SMILES string of the molecule is N#CCC(=O)N1CCC(CNC(=O)C2CCCC2)CC1. The summed E-state index contributed by atoms with van der Waals surface area (Å²) in [6, 6.07) is 1.90. The molecule has 110 valence electrons. The number of carbonyl (C=O) groups excluding carboxylic acids is 2. The number of nitrogens with zero attached hydrogens (tertiary/aromatic N) is 2. The van der Waals surface area contributed by atoms with E-state index in [1.54, 1.807) is 4.90 Å². The van der Waals surface area contributed by atoms with Crippen LogP contribution >= 0.6 is 0 Å². The lowest BCUT2D eigenvalue weighted by molar-refractivity contribution is -0.132. The van der Waals surface area contributed by atoms with Crippen LogP contribution in [-0.4, -0.2) is 36.3 Å². The van der Waals surface area contributed by atoms with Crippen LogP contribution in [0, 0.1) is 23.2 Å². The van der Waals surface area contributed by atoms with Crippen molar-refractivity contribution in [2.24, 2.45) is 11.8 Å². The van der Waals surface area contributed by atoms with Crippen LogP contribution in [0.15, 0.2) is 0 Å². The topological polar surface area (TPSA) is 73.2 Å². The fourth-order valence-corrected chi connectivity index (χ4v) is 3.14. The van der Waals surface area contributed by atoms with Gasteiger partial charge < -0.3 is 10.2 Å². The second-order valence-electron chi connectivity index (χ2n) is 5.89. The number of carbonyl (C=O) groups is 2. The Morgan fingerprint density at radius 1 is 1.15 bits per heavy atom. The molecule has 2 aliphatic rings. The molecule has 1 aliphatic carbocycles. The normalized spacial score (nSPS) is 20.6. The molecule has 1 aliphatic heterocycles. The minimum absolute atomic E-state index is 0.0247. The van der Waals surface area contributed by atoms with Gasteiger partial charge in [-0.25, -0.2) is 0 Å². The Morgan fingerprint density at radius 2 is 1.80 bits per heavy atom. The zero-order valence-corrected chi connectivity index (χ0v) is 11.9. The van der Waals surface area contributed by atoms with Crippen molar-refractivity contribution in [3.63, 3.8) is 0 Å². The molecule has 2 rings (SSSR count). The van der Waals surface area contributed by atoms with E-state index in [9.17, 15) is 9.59 Å². The molecule has 0 bridgehead atoms. The van der Waals surface area contributed by atoms with Gasteiger partial charge in [0.15, 0.2) is 0 Å². The highest BCUT2D eigenvalue weighted by Gasteiger charge is 2.25. The minimum atomic E-state index is -0.0686. The van der Waals surface area contributed by atoms with Gasteiger partial charge in [-0.05, 0) is 31.6 Å². The molecule has 1 N–H and O–H groups in total. The maximum Gasteiger partial charge on any atom is 0.236 e. The summed E-state index contributed by atoms with van der Waals surface area (Å²) in [7, 11) is 0. The molecule has 0 spiro atoms. The van der Waals surface area contributed by atoms with Crippen molar-refractivity contribution in [1.29, 1.82) is 5.26 Å². The number of rotatable bonds is 4. The van der Waals surface area contributed by atoms with Crippen LogP contribution in [0.25, 0.3) is 0 Å². The van der Waals surface area contributed by atoms with Crippen molar-refractivity contribution in [2.45, 2.75) is 44.9 Å². The van der Waals surface area contributed by atoms with Gasteiger partial charge in [0.1, 0.15) is 6.42 Å². The zero-order valence-electron chi connectivity index (χ0n) is 11.9. The fourth-order valence-electron chi connectivity index (χ4n) is 3.14. The highest BCUT2D eigenvalue weighted by Crippen LogP contribution is 2.25. The lowest BCUT2D eigenvalue weighted by Gasteiger charge is -2.31. The summed E-state index contributed by atoms with van der Waals surface area (Å²) in [6.07, 6.45) is 6.24. The molecule has 20 heavy (non-hydrogen) atoms. The monoisotopic (exact) mass is 277 g/mol. The van der Waals surface area contributed by atoms with Crippen LogP contribution in [0.5, 0.6) is 0 Å². The summed E-state index contributed by atoms with van der Waals surface area (Å²) in [5, 5.41) is 11.6. The largest absolute Gasteiger partial charge is 0.356 e. The third-order valence-corrected chi connectivity index (χ3v) is 4.49. The van der Waals surface area contributed by atoms with Crippen molar-refractivity contribution in [3.8, 4) is 6.07 Å². The van der Waals surface area contributed by atoms with Crippen LogP contribution in [0.1, 0.15) is 44.9 Å². The third-order valence-electron chi connectivity index (χ3n) is 4.49. The van der Waals surface area contributed by atoms with Crippen molar-refractivity contribution >= 4 is 11.8 Å². The number of nitriles is 1. The predicted octanol–water partition coefficient (Wildman–Crippen LogP) is 1.45. The average molecular weight is 277 g/mol. The van der Waals surface area contributed by atoms with Gasteiger partial charge in [0.2, 0.25) is 11.8 Å². The molecule has 1 saturated carbocycles. The predicted molar refractivity (Wildman–Crippen MR) is 74.5 cm³/mol.